The summed E-state index contributed by atoms with van der Waals surface area (Å²) in [5.41, 5.74) is 7.06. The van der Waals surface area contributed by atoms with Crippen LogP contribution in [0, 0.1) is 5.92 Å². The second-order valence-corrected chi connectivity index (χ2v) is 5.21. The Balaban J connectivity index is 2.19. The third kappa shape index (κ3) is 3.19. The number of hydrogen-bond donors (Lipinski definition) is 2. The SMILES string of the molecule is COc1cc(OC)cc([C@H](N)[C@H](O)C2CCCC2)c1. The van der Waals surface area contributed by atoms with Gasteiger partial charge in [0, 0.05) is 6.07 Å². The van der Waals surface area contributed by atoms with Gasteiger partial charge in [-0.15, -0.1) is 0 Å². The van der Waals surface area contributed by atoms with Crippen LogP contribution in [0.15, 0.2) is 18.2 Å². The molecule has 1 saturated carbocycles. The number of methoxy groups -OCH3 is 2. The quantitative estimate of drug-likeness (QED) is 0.857. The van der Waals surface area contributed by atoms with Crippen molar-refractivity contribution in [2.75, 3.05) is 14.2 Å². The summed E-state index contributed by atoms with van der Waals surface area (Å²) in [6.45, 7) is 0. The Kier molecular flexibility index (Phi) is 4.66. The van der Waals surface area contributed by atoms with E-state index in [1.807, 2.05) is 12.1 Å². The van der Waals surface area contributed by atoms with Crippen molar-refractivity contribution in [3.8, 4) is 11.5 Å². The fraction of sp³-hybridized carbons (Fsp3) is 0.600. The second-order valence-electron chi connectivity index (χ2n) is 5.21. The van der Waals surface area contributed by atoms with Crippen LogP contribution in [0.4, 0.5) is 0 Å². The highest BCUT2D eigenvalue weighted by Crippen LogP contribution is 2.34. The summed E-state index contributed by atoms with van der Waals surface area (Å²) in [5, 5.41) is 10.4. The maximum Gasteiger partial charge on any atom is 0.122 e. The van der Waals surface area contributed by atoms with E-state index in [0.29, 0.717) is 17.4 Å². The van der Waals surface area contributed by atoms with Gasteiger partial charge in [-0.1, -0.05) is 12.8 Å². The van der Waals surface area contributed by atoms with Crippen LogP contribution in [0.2, 0.25) is 0 Å². The highest BCUT2D eigenvalue weighted by Gasteiger charge is 2.29. The minimum Gasteiger partial charge on any atom is -0.497 e. The molecule has 0 heterocycles. The van der Waals surface area contributed by atoms with Crippen LogP contribution in [0.3, 0.4) is 0 Å². The minimum atomic E-state index is -0.501. The van der Waals surface area contributed by atoms with Crippen molar-refractivity contribution in [2.24, 2.45) is 11.7 Å². The number of hydrogen-bond acceptors (Lipinski definition) is 4. The first-order valence-electron chi connectivity index (χ1n) is 6.82. The fourth-order valence-corrected chi connectivity index (χ4v) is 2.81. The molecule has 4 heteroatoms. The molecule has 0 bridgehead atoms. The van der Waals surface area contributed by atoms with Gasteiger partial charge in [0.2, 0.25) is 0 Å². The Morgan fingerprint density at radius 2 is 1.63 bits per heavy atom. The van der Waals surface area contributed by atoms with Gasteiger partial charge in [0.1, 0.15) is 11.5 Å². The zero-order valence-electron chi connectivity index (χ0n) is 11.6. The van der Waals surface area contributed by atoms with E-state index in [-0.39, 0.29) is 0 Å². The first kappa shape index (κ1) is 14.2. The maximum atomic E-state index is 10.4. The lowest BCUT2D eigenvalue weighted by atomic mass is 9.91. The zero-order chi connectivity index (χ0) is 13.8. The molecular weight excluding hydrogens is 242 g/mol. The van der Waals surface area contributed by atoms with Crippen molar-refractivity contribution in [3.63, 3.8) is 0 Å². The first-order chi connectivity index (χ1) is 9.15. The molecule has 2 rings (SSSR count). The van der Waals surface area contributed by atoms with Gasteiger partial charge in [-0.05, 0) is 36.5 Å². The molecule has 0 radical (unpaired) electrons. The van der Waals surface area contributed by atoms with E-state index in [4.69, 9.17) is 15.2 Å². The van der Waals surface area contributed by atoms with Crippen LogP contribution in [-0.4, -0.2) is 25.4 Å². The lowest BCUT2D eigenvalue weighted by molar-refractivity contribution is 0.0843. The van der Waals surface area contributed by atoms with Gasteiger partial charge >= 0.3 is 0 Å². The number of nitrogens with two attached hydrogens (primary N) is 1. The molecule has 0 unspecified atom stereocenters. The molecule has 0 amide bonds. The van der Waals surface area contributed by atoms with Crippen molar-refractivity contribution >= 4 is 0 Å². The predicted molar refractivity (Wildman–Crippen MR) is 74.4 cm³/mol. The van der Waals surface area contributed by atoms with Crippen LogP contribution in [0.1, 0.15) is 37.3 Å². The molecule has 106 valence electrons. The molecule has 3 N–H and O–H groups in total. The number of ether oxygens (including phenoxy) is 2. The smallest absolute Gasteiger partial charge is 0.122 e. The molecule has 1 aromatic rings. The van der Waals surface area contributed by atoms with Crippen LogP contribution in [0.5, 0.6) is 11.5 Å². The summed E-state index contributed by atoms with van der Waals surface area (Å²) >= 11 is 0. The molecule has 0 saturated heterocycles. The van der Waals surface area contributed by atoms with E-state index >= 15 is 0 Å². The monoisotopic (exact) mass is 265 g/mol. The van der Waals surface area contributed by atoms with Gasteiger partial charge in [0.15, 0.2) is 0 Å². The zero-order valence-corrected chi connectivity index (χ0v) is 11.6. The molecule has 1 aliphatic rings. The lowest BCUT2D eigenvalue weighted by Gasteiger charge is -2.25. The van der Waals surface area contributed by atoms with Crippen molar-refractivity contribution in [1.82, 2.24) is 0 Å². The summed E-state index contributed by atoms with van der Waals surface area (Å²) in [7, 11) is 3.22. The second kappa shape index (κ2) is 6.26. The van der Waals surface area contributed by atoms with E-state index in [0.717, 1.165) is 18.4 Å². The summed E-state index contributed by atoms with van der Waals surface area (Å²) in [5.74, 6) is 1.71. The number of rotatable bonds is 5. The molecular formula is C15H23NO3. The molecule has 19 heavy (non-hydrogen) atoms. The van der Waals surface area contributed by atoms with Crippen molar-refractivity contribution in [3.05, 3.63) is 23.8 Å². The van der Waals surface area contributed by atoms with Crippen molar-refractivity contribution in [2.45, 2.75) is 37.8 Å². The average Bonchev–Trinajstić information content (AvgIpc) is 2.99. The van der Waals surface area contributed by atoms with E-state index in [9.17, 15) is 5.11 Å². The number of benzene rings is 1. The standard InChI is InChI=1S/C15H23NO3/c1-18-12-7-11(8-13(9-12)19-2)14(16)15(17)10-5-3-4-6-10/h7-10,14-15,17H,3-6,16H2,1-2H3/t14-,15+/m0/s1. The fourth-order valence-electron chi connectivity index (χ4n) is 2.81. The highest BCUT2D eigenvalue weighted by molar-refractivity contribution is 5.40. The first-order valence-corrected chi connectivity index (χ1v) is 6.82. The van der Waals surface area contributed by atoms with Crippen molar-refractivity contribution < 1.29 is 14.6 Å². The summed E-state index contributed by atoms with van der Waals surface area (Å²) in [4.78, 5) is 0. The molecule has 1 aliphatic carbocycles. The van der Waals surface area contributed by atoms with Gasteiger partial charge in [0.25, 0.3) is 0 Å². The lowest BCUT2D eigenvalue weighted by Crippen LogP contribution is -2.31. The number of aliphatic hydroxyl groups excluding tert-OH is 1. The van der Waals surface area contributed by atoms with Crippen LogP contribution < -0.4 is 15.2 Å². The highest BCUT2D eigenvalue weighted by atomic mass is 16.5. The van der Waals surface area contributed by atoms with Gasteiger partial charge < -0.3 is 20.3 Å². The Morgan fingerprint density at radius 3 is 2.11 bits per heavy atom. The third-order valence-corrected chi connectivity index (χ3v) is 4.01. The van der Waals surface area contributed by atoms with Crippen LogP contribution in [0.25, 0.3) is 0 Å². The Labute approximate surface area is 114 Å². The minimum absolute atomic E-state index is 0.312. The van der Waals surface area contributed by atoms with E-state index in [1.54, 1.807) is 20.3 Å². The predicted octanol–water partition coefficient (Wildman–Crippen LogP) is 2.25. The Morgan fingerprint density at radius 1 is 1.11 bits per heavy atom. The summed E-state index contributed by atoms with van der Waals surface area (Å²) in [6.07, 6.45) is 4.01. The van der Waals surface area contributed by atoms with Crippen molar-refractivity contribution in [1.29, 1.82) is 0 Å². The maximum absolute atomic E-state index is 10.4. The molecule has 2 atom stereocenters. The topological polar surface area (TPSA) is 64.7 Å². The van der Waals surface area contributed by atoms with Gasteiger partial charge in [-0.3, -0.25) is 0 Å². The molecule has 1 fully saturated rings. The molecule has 0 aliphatic heterocycles. The average molecular weight is 265 g/mol. The van der Waals surface area contributed by atoms with E-state index < -0.39 is 12.1 Å². The molecule has 1 aromatic carbocycles. The van der Waals surface area contributed by atoms with Gasteiger partial charge in [-0.25, -0.2) is 0 Å². The summed E-state index contributed by atoms with van der Waals surface area (Å²) in [6, 6.07) is 5.14. The molecule has 0 aromatic heterocycles. The van der Waals surface area contributed by atoms with E-state index in [1.165, 1.54) is 12.8 Å². The molecule has 4 nitrogen and oxygen atoms in total. The normalized spacial score (nSPS) is 19.2. The molecule has 0 spiro atoms. The van der Waals surface area contributed by atoms with Crippen LogP contribution in [-0.2, 0) is 0 Å². The number of aliphatic hydroxyl groups is 1. The largest absolute Gasteiger partial charge is 0.497 e. The van der Waals surface area contributed by atoms with E-state index in [2.05, 4.69) is 0 Å². The Bertz CT molecular complexity index is 394. The van der Waals surface area contributed by atoms with Gasteiger partial charge in [-0.2, -0.15) is 0 Å². The third-order valence-electron chi connectivity index (χ3n) is 4.01. The Hall–Kier alpha value is -1.26. The van der Waals surface area contributed by atoms with Crippen LogP contribution >= 0.6 is 0 Å². The van der Waals surface area contributed by atoms with Gasteiger partial charge in [0.05, 0.1) is 26.4 Å². The summed E-state index contributed by atoms with van der Waals surface area (Å²) < 4.78 is 10.5.